The second-order valence-electron chi connectivity index (χ2n) is 4.81. The molecule has 5 heteroatoms. The highest BCUT2D eigenvalue weighted by Gasteiger charge is 2.32. The Morgan fingerprint density at radius 2 is 1.90 bits per heavy atom. The lowest BCUT2D eigenvalue weighted by molar-refractivity contribution is 0.0693. The Balaban J connectivity index is 1.87. The summed E-state index contributed by atoms with van der Waals surface area (Å²) in [5.74, 6) is -0.472. The maximum absolute atomic E-state index is 12.0. The molecule has 2 heterocycles. The minimum absolute atomic E-state index is 0.165. The second-order valence-corrected chi connectivity index (χ2v) is 5.79. The fourth-order valence-corrected chi connectivity index (χ4v) is 3.04. The van der Waals surface area contributed by atoms with Gasteiger partial charge in [0.2, 0.25) is 0 Å². The van der Waals surface area contributed by atoms with Crippen molar-refractivity contribution in [2.75, 3.05) is 12.4 Å². The predicted molar refractivity (Wildman–Crippen MR) is 79.2 cm³/mol. The van der Waals surface area contributed by atoms with Crippen LogP contribution in [0.3, 0.4) is 0 Å². The fourth-order valence-electron chi connectivity index (χ4n) is 2.31. The Morgan fingerprint density at radius 1 is 1.15 bits per heavy atom. The molecular weight excluding hydrogens is 272 g/mol. The number of nitrogens with zero attached hydrogens (tertiary/aromatic N) is 1. The van der Waals surface area contributed by atoms with E-state index in [9.17, 15) is 9.59 Å². The molecule has 20 heavy (non-hydrogen) atoms. The van der Waals surface area contributed by atoms with Gasteiger partial charge in [0.05, 0.1) is 17.2 Å². The van der Waals surface area contributed by atoms with Crippen LogP contribution in [0.5, 0.6) is 0 Å². The summed E-state index contributed by atoms with van der Waals surface area (Å²) < 4.78 is 0. The van der Waals surface area contributed by atoms with Gasteiger partial charge in [-0.1, -0.05) is 6.07 Å². The number of carbonyl (C=O) groups excluding carboxylic acids is 2. The molecule has 1 N–H and O–H groups in total. The number of hydrogen-bond acceptors (Lipinski definition) is 4. The Labute approximate surface area is 121 Å². The topological polar surface area (TPSA) is 49.4 Å². The van der Waals surface area contributed by atoms with Gasteiger partial charge in [-0.25, -0.2) is 0 Å². The van der Waals surface area contributed by atoms with Crippen molar-refractivity contribution in [2.45, 2.75) is 13.0 Å². The minimum Gasteiger partial charge on any atom is -0.378 e. The van der Waals surface area contributed by atoms with E-state index in [2.05, 4.69) is 18.3 Å². The van der Waals surface area contributed by atoms with Crippen LogP contribution in [0.1, 0.15) is 38.6 Å². The number of imide groups is 1. The Kier molecular flexibility index (Phi) is 3.06. The summed E-state index contributed by atoms with van der Waals surface area (Å²) in [7, 11) is 1.51. The van der Waals surface area contributed by atoms with Crippen molar-refractivity contribution >= 4 is 28.8 Å². The van der Waals surface area contributed by atoms with E-state index in [1.54, 1.807) is 23.5 Å². The maximum Gasteiger partial charge on any atom is 0.261 e. The van der Waals surface area contributed by atoms with Crippen LogP contribution in [-0.2, 0) is 0 Å². The zero-order chi connectivity index (χ0) is 14.3. The van der Waals surface area contributed by atoms with Gasteiger partial charge in [0, 0.05) is 17.6 Å². The Bertz CT molecular complexity index is 679. The highest BCUT2D eigenvalue weighted by atomic mass is 32.1. The predicted octanol–water partition coefficient (Wildman–Crippen LogP) is 3.15. The van der Waals surface area contributed by atoms with Crippen LogP contribution in [0, 0.1) is 0 Å². The van der Waals surface area contributed by atoms with E-state index in [4.69, 9.17) is 0 Å². The first kappa shape index (κ1) is 12.9. The average molecular weight is 286 g/mol. The van der Waals surface area contributed by atoms with E-state index in [0.29, 0.717) is 11.1 Å². The molecule has 1 aliphatic rings. The van der Waals surface area contributed by atoms with Crippen LogP contribution in [-0.4, -0.2) is 23.8 Å². The van der Waals surface area contributed by atoms with Crippen molar-refractivity contribution < 1.29 is 9.59 Å². The number of benzene rings is 1. The molecule has 3 rings (SSSR count). The molecule has 0 bridgehead atoms. The molecule has 0 saturated carbocycles. The van der Waals surface area contributed by atoms with Crippen molar-refractivity contribution in [3.63, 3.8) is 0 Å². The second kappa shape index (κ2) is 4.76. The highest BCUT2D eigenvalue weighted by molar-refractivity contribution is 7.10. The first-order valence-electron chi connectivity index (χ1n) is 6.34. The number of amides is 2. The molecule has 0 spiro atoms. The molecule has 2 amide bonds. The first-order chi connectivity index (χ1) is 9.58. The molecule has 102 valence electrons. The van der Waals surface area contributed by atoms with Crippen LogP contribution in [0.15, 0.2) is 35.7 Å². The van der Waals surface area contributed by atoms with E-state index >= 15 is 0 Å². The van der Waals surface area contributed by atoms with Crippen molar-refractivity contribution in [3.8, 4) is 0 Å². The lowest BCUT2D eigenvalue weighted by Gasteiger charge is -2.14. The van der Waals surface area contributed by atoms with Crippen LogP contribution in [0.25, 0.3) is 0 Å². The fraction of sp³-hybridized carbons (Fsp3) is 0.200. The summed E-state index contributed by atoms with van der Waals surface area (Å²) in [6.07, 6.45) is 0. The summed E-state index contributed by atoms with van der Waals surface area (Å²) in [6.45, 7) is 2.07. The molecule has 1 aromatic carbocycles. The number of carbonyl (C=O) groups is 2. The van der Waals surface area contributed by atoms with Gasteiger partial charge >= 0.3 is 0 Å². The Morgan fingerprint density at radius 3 is 2.60 bits per heavy atom. The lowest BCUT2D eigenvalue weighted by Crippen LogP contribution is -2.24. The largest absolute Gasteiger partial charge is 0.378 e. The van der Waals surface area contributed by atoms with Gasteiger partial charge in [-0.2, -0.15) is 0 Å². The average Bonchev–Trinajstić information content (AvgIpc) is 3.04. The molecule has 4 nitrogen and oxygen atoms in total. The van der Waals surface area contributed by atoms with Gasteiger partial charge < -0.3 is 5.32 Å². The van der Waals surface area contributed by atoms with Crippen molar-refractivity contribution in [1.82, 2.24) is 4.90 Å². The van der Waals surface area contributed by atoms with Crippen LogP contribution in [0.4, 0.5) is 5.69 Å². The van der Waals surface area contributed by atoms with Crippen LogP contribution < -0.4 is 5.32 Å². The van der Waals surface area contributed by atoms with E-state index < -0.39 is 0 Å². The van der Waals surface area contributed by atoms with Gasteiger partial charge in [-0.3, -0.25) is 14.5 Å². The normalized spacial score (nSPS) is 15.4. The lowest BCUT2D eigenvalue weighted by atomic mass is 10.1. The van der Waals surface area contributed by atoms with Crippen molar-refractivity contribution in [3.05, 3.63) is 51.7 Å². The third kappa shape index (κ3) is 2.00. The minimum atomic E-state index is -0.238. The zero-order valence-electron chi connectivity index (χ0n) is 11.2. The number of anilines is 1. The molecule has 2 aromatic rings. The van der Waals surface area contributed by atoms with E-state index in [1.807, 2.05) is 17.5 Å². The molecule has 1 atom stereocenters. The van der Waals surface area contributed by atoms with Crippen molar-refractivity contribution in [1.29, 1.82) is 0 Å². The van der Waals surface area contributed by atoms with Crippen molar-refractivity contribution in [2.24, 2.45) is 0 Å². The SMILES string of the molecule is CC(Nc1ccc2c(c1)C(=O)N(C)C2=O)c1cccs1. The number of fused-ring (bicyclic) bond motifs is 1. The number of rotatable bonds is 3. The Hall–Kier alpha value is -2.14. The van der Waals surface area contributed by atoms with Crippen LogP contribution in [0.2, 0.25) is 0 Å². The van der Waals surface area contributed by atoms with E-state index in [-0.39, 0.29) is 17.9 Å². The van der Waals surface area contributed by atoms with Crippen LogP contribution >= 0.6 is 11.3 Å². The van der Waals surface area contributed by atoms with Gasteiger partial charge in [0.25, 0.3) is 11.8 Å². The molecule has 1 unspecified atom stereocenters. The molecule has 1 aromatic heterocycles. The van der Waals surface area contributed by atoms with Gasteiger partial charge in [-0.15, -0.1) is 11.3 Å². The summed E-state index contributed by atoms with van der Waals surface area (Å²) in [5.41, 5.74) is 1.80. The number of nitrogens with one attached hydrogen (secondary N) is 1. The zero-order valence-corrected chi connectivity index (χ0v) is 12.0. The maximum atomic E-state index is 12.0. The third-order valence-corrected chi connectivity index (χ3v) is 4.50. The standard InChI is InChI=1S/C15H14N2O2S/c1-9(13-4-3-7-20-13)16-10-5-6-11-12(8-10)15(19)17(2)14(11)18/h3-9,16H,1-2H3. The van der Waals surface area contributed by atoms with Gasteiger partial charge in [-0.05, 0) is 36.6 Å². The number of hydrogen-bond donors (Lipinski definition) is 1. The molecule has 0 aliphatic carbocycles. The van der Waals surface area contributed by atoms with E-state index in [0.717, 1.165) is 10.6 Å². The number of thiophene rings is 1. The van der Waals surface area contributed by atoms with Gasteiger partial charge in [0.1, 0.15) is 0 Å². The summed E-state index contributed by atoms with van der Waals surface area (Å²) >= 11 is 1.69. The molecule has 0 radical (unpaired) electrons. The summed E-state index contributed by atoms with van der Waals surface area (Å²) in [4.78, 5) is 26.1. The molecule has 1 aliphatic heterocycles. The summed E-state index contributed by atoms with van der Waals surface area (Å²) in [5, 5.41) is 5.39. The molecule has 0 fully saturated rings. The molecule has 0 saturated heterocycles. The summed E-state index contributed by atoms with van der Waals surface area (Å²) in [6, 6.07) is 9.55. The smallest absolute Gasteiger partial charge is 0.261 e. The third-order valence-electron chi connectivity index (χ3n) is 3.44. The van der Waals surface area contributed by atoms with E-state index in [1.165, 1.54) is 11.9 Å². The van der Waals surface area contributed by atoms with Gasteiger partial charge in [0.15, 0.2) is 0 Å². The quantitative estimate of drug-likeness (QED) is 0.882. The molecular formula is C15H14N2O2S. The first-order valence-corrected chi connectivity index (χ1v) is 7.22. The monoisotopic (exact) mass is 286 g/mol. The highest BCUT2D eigenvalue weighted by Crippen LogP contribution is 2.28.